The third-order valence-electron chi connectivity index (χ3n) is 3.73. The molecule has 0 aliphatic carbocycles. The van der Waals surface area contributed by atoms with Crippen LogP contribution in [-0.2, 0) is 0 Å². The van der Waals surface area contributed by atoms with Crippen LogP contribution in [0.3, 0.4) is 0 Å². The number of aliphatic hydroxyl groups excluding tert-OH is 1. The molecule has 110 valence electrons. The van der Waals surface area contributed by atoms with Gasteiger partial charge in [0, 0.05) is 13.1 Å². The van der Waals surface area contributed by atoms with E-state index in [1.165, 1.54) is 12.1 Å². The number of hydrogen-bond acceptors (Lipinski definition) is 3. The molecule has 0 radical (unpaired) electrons. The smallest absolute Gasteiger partial charge is 0.257 e. The van der Waals surface area contributed by atoms with Gasteiger partial charge in [-0.25, -0.2) is 9.07 Å². The molecular formula is C15H16FN3O2. The summed E-state index contributed by atoms with van der Waals surface area (Å²) in [6.07, 6.45) is -0.429. The Morgan fingerprint density at radius 2 is 1.90 bits per heavy atom. The van der Waals surface area contributed by atoms with Crippen LogP contribution in [0.2, 0.25) is 0 Å². The maximum Gasteiger partial charge on any atom is 0.257 e. The number of aryl methyl sites for hydroxylation is 1. The molecule has 3 rings (SSSR count). The third-order valence-corrected chi connectivity index (χ3v) is 3.73. The maximum atomic E-state index is 13.0. The zero-order valence-corrected chi connectivity index (χ0v) is 11.9. The molecular weight excluding hydrogens is 273 g/mol. The fourth-order valence-electron chi connectivity index (χ4n) is 2.57. The predicted molar refractivity (Wildman–Crippen MR) is 74.9 cm³/mol. The number of rotatable bonds is 2. The molecule has 0 unspecified atom stereocenters. The first-order chi connectivity index (χ1) is 9.97. The molecule has 1 aromatic heterocycles. The minimum absolute atomic E-state index is 0.122. The molecule has 1 amide bonds. The van der Waals surface area contributed by atoms with Crippen molar-refractivity contribution in [1.29, 1.82) is 0 Å². The average Bonchev–Trinajstić information content (AvgIpc) is 2.71. The topological polar surface area (TPSA) is 58.4 Å². The number of aromatic nitrogens is 2. The summed E-state index contributed by atoms with van der Waals surface area (Å²) in [5, 5.41) is 13.7. The van der Waals surface area contributed by atoms with E-state index in [9.17, 15) is 14.3 Å². The highest BCUT2D eigenvalue weighted by Crippen LogP contribution is 2.22. The Morgan fingerprint density at radius 3 is 2.48 bits per heavy atom. The predicted octanol–water partition coefficient (Wildman–Crippen LogP) is 1.44. The first-order valence-electron chi connectivity index (χ1n) is 6.77. The summed E-state index contributed by atoms with van der Waals surface area (Å²) < 4.78 is 14.6. The van der Waals surface area contributed by atoms with E-state index in [0.717, 1.165) is 0 Å². The largest absolute Gasteiger partial charge is 0.389 e. The monoisotopic (exact) mass is 289 g/mol. The maximum absolute atomic E-state index is 13.0. The van der Waals surface area contributed by atoms with Crippen molar-refractivity contribution in [2.45, 2.75) is 20.0 Å². The highest BCUT2D eigenvalue weighted by molar-refractivity contribution is 5.97. The van der Waals surface area contributed by atoms with Crippen LogP contribution in [0.4, 0.5) is 4.39 Å². The molecule has 1 N–H and O–H groups in total. The number of benzene rings is 1. The fraction of sp³-hybridized carbons (Fsp3) is 0.333. The number of hydrogen-bond donors (Lipinski definition) is 1. The standard InChI is InChI=1S/C15H16FN3O2/c1-9-14(15(21)18-7-13(20)8-18)10(2)19(17-9)12-5-3-11(16)4-6-12/h3-6,13,20H,7-8H2,1-2H3. The molecule has 1 aromatic carbocycles. The van der Waals surface area contributed by atoms with Crippen LogP contribution in [0, 0.1) is 19.7 Å². The Morgan fingerprint density at radius 1 is 1.29 bits per heavy atom. The van der Waals surface area contributed by atoms with Gasteiger partial charge < -0.3 is 10.0 Å². The number of carbonyl (C=O) groups excluding carboxylic acids is 1. The van der Waals surface area contributed by atoms with Gasteiger partial charge in [-0.3, -0.25) is 4.79 Å². The van der Waals surface area contributed by atoms with Gasteiger partial charge >= 0.3 is 0 Å². The quantitative estimate of drug-likeness (QED) is 0.910. The molecule has 5 nitrogen and oxygen atoms in total. The lowest BCUT2D eigenvalue weighted by molar-refractivity contribution is 0.00578. The Bertz CT molecular complexity index is 688. The number of nitrogens with zero attached hydrogens (tertiary/aromatic N) is 3. The number of β-amino-alcohol motifs (C(OH)–C–C–N with tert-alkyl or cyclic N) is 1. The Hall–Kier alpha value is -2.21. The van der Waals surface area contributed by atoms with Crippen molar-refractivity contribution < 1.29 is 14.3 Å². The summed E-state index contributed by atoms with van der Waals surface area (Å²) in [4.78, 5) is 14.0. The van der Waals surface area contributed by atoms with Gasteiger partial charge in [-0.15, -0.1) is 0 Å². The molecule has 0 bridgehead atoms. The van der Waals surface area contributed by atoms with Crippen molar-refractivity contribution >= 4 is 5.91 Å². The highest BCUT2D eigenvalue weighted by Gasteiger charge is 2.32. The SMILES string of the molecule is Cc1nn(-c2ccc(F)cc2)c(C)c1C(=O)N1CC(O)C1. The summed E-state index contributed by atoms with van der Waals surface area (Å²) in [5.74, 6) is -0.435. The fourth-order valence-corrected chi connectivity index (χ4v) is 2.57. The summed E-state index contributed by atoms with van der Waals surface area (Å²) in [5.41, 5.74) is 2.60. The zero-order chi connectivity index (χ0) is 15.1. The van der Waals surface area contributed by atoms with Crippen LogP contribution >= 0.6 is 0 Å². The number of halogens is 1. The lowest BCUT2D eigenvalue weighted by Gasteiger charge is -2.35. The van der Waals surface area contributed by atoms with E-state index in [1.54, 1.807) is 28.6 Å². The van der Waals surface area contributed by atoms with Gasteiger partial charge in [0.2, 0.25) is 0 Å². The zero-order valence-electron chi connectivity index (χ0n) is 11.9. The van der Waals surface area contributed by atoms with Crippen molar-refractivity contribution in [3.8, 4) is 5.69 Å². The van der Waals surface area contributed by atoms with E-state index >= 15 is 0 Å². The summed E-state index contributed by atoms with van der Waals surface area (Å²) in [7, 11) is 0. The van der Waals surface area contributed by atoms with Crippen LogP contribution in [0.15, 0.2) is 24.3 Å². The van der Waals surface area contributed by atoms with Crippen molar-refractivity contribution in [2.75, 3.05) is 13.1 Å². The molecule has 1 aliphatic rings. The molecule has 0 spiro atoms. The minimum Gasteiger partial charge on any atom is -0.389 e. The van der Waals surface area contributed by atoms with Gasteiger partial charge in [-0.1, -0.05) is 0 Å². The highest BCUT2D eigenvalue weighted by atomic mass is 19.1. The second kappa shape index (κ2) is 4.96. The Balaban J connectivity index is 1.96. The van der Waals surface area contributed by atoms with E-state index in [1.807, 2.05) is 6.92 Å². The number of aliphatic hydroxyl groups is 1. The van der Waals surface area contributed by atoms with Crippen molar-refractivity contribution in [3.63, 3.8) is 0 Å². The second-order valence-electron chi connectivity index (χ2n) is 5.30. The summed E-state index contributed by atoms with van der Waals surface area (Å²) in [6, 6.07) is 5.96. The molecule has 6 heteroatoms. The van der Waals surface area contributed by atoms with Crippen LogP contribution in [-0.4, -0.2) is 44.9 Å². The van der Waals surface area contributed by atoms with Crippen molar-refractivity contribution in [1.82, 2.24) is 14.7 Å². The first-order valence-corrected chi connectivity index (χ1v) is 6.77. The summed E-state index contributed by atoms with van der Waals surface area (Å²) >= 11 is 0. The van der Waals surface area contributed by atoms with Gasteiger partial charge in [0.1, 0.15) is 5.82 Å². The van der Waals surface area contributed by atoms with E-state index in [4.69, 9.17) is 0 Å². The Kier molecular flexibility index (Phi) is 3.25. The van der Waals surface area contributed by atoms with Gasteiger partial charge in [0.25, 0.3) is 5.91 Å². The molecule has 1 fully saturated rings. The molecule has 1 saturated heterocycles. The van der Waals surface area contributed by atoms with Gasteiger partial charge in [0.15, 0.2) is 0 Å². The van der Waals surface area contributed by atoms with E-state index in [-0.39, 0.29) is 11.7 Å². The van der Waals surface area contributed by atoms with Gasteiger partial charge in [-0.05, 0) is 38.1 Å². The van der Waals surface area contributed by atoms with E-state index in [2.05, 4.69) is 5.10 Å². The van der Waals surface area contributed by atoms with Crippen molar-refractivity contribution in [3.05, 3.63) is 47.0 Å². The Labute approximate surface area is 121 Å². The van der Waals surface area contributed by atoms with E-state index < -0.39 is 6.10 Å². The first kappa shape index (κ1) is 13.8. The summed E-state index contributed by atoms with van der Waals surface area (Å²) in [6.45, 7) is 4.31. The lowest BCUT2D eigenvalue weighted by atomic mass is 10.1. The lowest BCUT2D eigenvalue weighted by Crippen LogP contribution is -2.53. The number of amides is 1. The second-order valence-corrected chi connectivity index (χ2v) is 5.30. The molecule has 0 atom stereocenters. The molecule has 0 saturated carbocycles. The molecule has 1 aliphatic heterocycles. The molecule has 2 heterocycles. The minimum atomic E-state index is -0.429. The molecule has 2 aromatic rings. The number of likely N-dealkylation sites (tertiary alicyclic amines) is 1. The van der Waals surface area contributed by atoms with Gasteiger partial charge in [-0.2, -0.15) is 5.10 Å². The van der Waals surface area contributed by atoms with Crippen LogP contribution < -0.4 is 0 Å². The van der Waals surface area contributed by atoms with Crippen LogP contribution in [0.1, 0.15) is 21.7 Å². The number of carbonyl (C=O) groups is 1. The van der Waals surface area contributed by atoms with Gasteiger partial charge in [0.05, 0.1) is 28.7 Å². The third kappa shape index (κ3) is 2.31. The van der Waals surface area contributed by atoms with E-state index in [0.29, 0.717) is 35.7 Å². The average molecular weight is 289 g/mol. The van der Waals surface area contributed by atoms with Crippen molar-refractivity contribution in [2.24, 2.45) is 0 Å². The van der Waals surface area contributed by atoms with Crippen LogP contribution in [0.25, 0.3) is 5.69 Å². The van der Waals surface area contributed by atoms with Crippen LogP contribution in [0.5, 0.6) is 0 Å². The molecule has 21 heavy (non-hydrogen) atoms. The normalized spacial score (nSPS) is 15.1.